The lowest BCUT2D eigenvalue weighted by Crippen LogP contribution is -2.48. The minimum atomic E-state index is -3.60. The van der Waals surface area contributed by atoms with Gasteiger partial charge in [-0.3, -0.25) is 9.59 Å². The molecular weight excluding hydrogens is 486 g/mol. The Morgan fingerprint density at radius 2 is 1.91 bits per heavy atom. The highest BCUT2D eigenvalue weighted by atomic mass is 32.2. The van der Waals surface area contributed by atoms with Crippen molar-refractivity contribution in [2.45, 2.75) is 41.9 Å². The van der Waals surface area contributed by atoms with E-state index in [2.05, 4.69) is 10.3 Å². The van der Waals surface area contributed by atoms with E-state index >= 15 is 0 Å². The van der Waals surface area contributed by atoms with Crippen molar-refractivity contribution in [3.05, 3.63) is 59.1 Å². The zero-order valence-corrected chi connectivity index (χ0v) is 20.8. The highest BCUT2D eigenvalue weighted by Gasteiger charge is 2.39. The molecule has 0 radical (unpaired) electrons. The smallest absolute Gasteiger partial charge is 0.253 e. The largest absolute Gasteiger partial charge is 0.390 e. The summed E-state index contributed by atoms with van der Waals surface area (Å²) in [6, 6.07) is 11.8. The number of hydrogen-bond donors (Lipinski definition) is 2. The summed E-state index contributed by atoms with van der Waals surface area (Å²) in [5.41, 5.74) is 2.27. The molecule has 2 fully saturated rings. The van der Waals surface area contributed by atoms with Gasteiger partial charge >= 0.3 is 0 Å². The fraction of sp³-hybridized carbons (Fsp3) is 0.400. The molecule has 0 bridgehead atoms. The van der Waals surface area contributed by atoms with E-state index in [0.29, 0.717) is 55.5 Å². The van der Waals surface area contributed by atoms with Crippen molar-refractivity contribution in [3.63, 3.8) is 0 Å². The van der Waals surface area contributed by atoms with E-state index < -0.39 is 15.4 Å². The van der Waals surface area contributed by atoms with Gasteiger partial charge in [0.1, 0.15) is 0 Å². The van der Waals surface area contributed by atoms with Gasteiger partial charge in [0.05, 0.1) is 32.0 Å². The molecule has 8 nitrogen and oxygen atoms in total. The van der Waals surface area contributed by atoms with Crippen LogP contribution in [0, 0.1) is 5.92 Å². The number of thiazole rings is 1. The van der Waals surface area contributed by atoms with E-state index in [1.807, 2.05) is 6.07 Å². The van der Waals surface area contributed by atoms with Crippen LogP contribution < -0.4 is 5.32 Å². The Morgan fingerprint density at radius 3 is 2.60 bits per heavy atom. The third-order valence-corrected chi connectivity index (χ3v) is 9.49. The summed E-state index contributed by atoms with van der Waals surface area (Å²) in [5.74, 6) is -0.480. The van der Waals surface area contributed by atoms with Gasteiger partial charge in [0.25, 0.3) is 5.91 Å². The van der Waals surface area contributed by atoms with Crippen LogP contribution in [-0.2, 0) is 20.4 Å². The third-order valence-electron chi connectivity index (χ3n) is 6.99. The first-order chi connectivity index (χ1) is 16.7. The number of sulfone groups is 1. The Labute approximate surface area is 207 Å². The van der Waals surface area contributed by atoms with Gasteiger partial charge in [-0.05, 0) is 55.5 Å². The molecule has 2 aliphatic rings. The molecule has 1 atom stereocenters. The minimum absolute atomic E-state index is 0.00213. The normalized spacial score (nSPS) is 20.2. The molecule has 2 aliphatic heterocycles. The predicted octanol–water partition coefficient (Wildman–Crippen LogP) is 2.76. The van der Waals surface area contributed by atoms with Gasteiger partial charge in [0, 0.05) is 31.1 Å². The summed E-state index contributed by atoms with van der Waals surface area (Å²) in [7, 11) is -3.60. The predicted molar refractivity (Wildman–Crippen MR) is 133 cm³/mol. The Kier molecular flexibility index (Phi) is 6.37. The average Bonchev–Trinajstić information content (AvgIpc) is 3.48. The van der Waals surface area contributed by atoms with Crippen LogP contribution in [0.15, 0.2) is 52.9 Å². The van der Waals surface area contributed by atoms with Crippen LogP contribution in [0.4, 0.5) is 0 Å². The van der Waals surface area contributed by atoms with E-state index in [1.165, 1.54) is 11.3 Å². The van der Waals surface area contributed by atoms with Gasteiger partial charge in [0.2, 0.25) is 5.91 Å². The molecule has 35 heavy (non-hydrogen) atoms. The van der Waals surface area contributed by atoms with Gasteiger partial charge in [-0.2, -0.15) is 0 Å². The fourth-order valence-corrected chi connectivity index (χ4v) is 7.26. The van der Waals surface area contributed by atoms with Crippen LogP contribution in [0.1, 0.15) is 41.6 Å². The first-order valence-electron chi connectivity index (χ1n) is 11.7. The van der Waals surface area contributed by atoms with E-state index in [0.717, 1.165) is 11.1 Å². The molecule has 1 unspecified atom stereocenters. The van der Waals surface area contributed by atoms with Gasteiger partial charge < -0.3 is 15.3 Å². The fourth-order valence-electron chi connectivity index (χ4n) is 4.96. The van der Waals surface area contributed by atoms with Crippen molar-refractivity contribution < 1.29 is 23.1 Å². The SMILES string of the molecule is O=C1NCCC1CC1(O)CCN(C(=O)c2ccc(CS(=O)(=O)c3cccc4scnc34)cc2)CC1. The highest BCUT2D eigenvalue weighted by Crippen LogP contribution is 2.32. The van der Waals surface area contributed by atoms with Gasteiger partial charge in [-0.1, -0.05) is 18.2 Å². The summed E-state index contributed by atoms with van der Waals surface area (Å²) in [4.78, 5) is 31.0. The second-order valence-corrected chi connectivity index (χ2v) is 12.3. The molecule has 0 saturated carbocycles. The number of rotatable bonds is 6. The Morgan fingerprint density at radius 1 is 1.17 bits per heavy atom. The highest BCUT2D eigenvalue weighted by molar-refractivity contribution is 7.90. The molecule has 3 aromatic rings. The first kappa shape index (κ1) is 23.9. The third kappa shape index (κ3) is 4.96. The zero-order valence-electron chi connectivity index (χ0n) is 19.1. The molecule has 0 aliphatic carbocycles. The summed E-state index contributed by atoms with van der Waals surface area (Å²) >= 11 is 1.40. The number of para-hydroxylation sites is 1. The lowest BCUT2D eigenvalue weighted by molar-refractivity contribution is -0.125. The van der Waals surface area contributed by atoms with Crippen LogP contribution in [0.25, 0.3) is 10.2 Å². The van der Waals surface area contributed by atoms with Crippen molar-refractivity contribution in [3.8, 4) is 0 Å². The lowest BCUT2D eigenvalue weighted by atomic mass is 9.82. The average molecular weight is 514 g/mol. The number of aliphatic hydroxyl groups is 1. The number of amides is 2. The van der Waals surface area contributed by atoms with Crippen molar-refractivity contribution in [2.24, 2.45) is 5.92 Å². The molecule has 1 aromatic heterocycles. The van der Waals surface area contributed by atoms with Crippen LogP contribution in [0.5, 0.6) is 0 Å². The molecule has 2 aromatic carbocycles. The van der Waals surface area contributed by atoms with E-state index in [9.17, 15) is 23.1 Å². The molecule has 2 saturated heterocycles. The molecule has 2 N–H and O–H groups in total. The molecule has 3 heterocycles. The van der Waals surface area contributed by atoms with Crippen molar-refractivity contribution in [2.75, 3.05) is 19.6 Å². The number of benzene rings is 2. The molecular formula is C25H27N3O5S2. The Hall–Kier alpha value is -2.82. The lowest BCUT2D eigenvalue weighted by Gasteiger charge is -2.39. The number of hydrogen-bond acceptors (Lipinski definition) is 7. The maximum Gasteiger partial charge on any atom is 0.253 e. The molecule has 10 heteroatoms. The standard InChI is InChI=1S/C25H27N3O5S2/c29-23-19(8-11-26-23)14-25(31)9-12-28(13-10-25)24(30)18-6-4-17(5-7-18)15-35(32,33)21-3-1-2-20-22(21)27-16-34-20/h1-7,16,19,31H,8-15H2,(H,26,29). The summed E-state index contributed by atoms with van der Waals surface area (Å²) in [6.45, 7) is 1.48. The molecule has 0 spiro atoms. The van der Waals surface area contributed by atoms with E-state index in [1.54, 1.807) is 46.8 Å². The van der Waals surface area contributed by atoms with Gasteiger partial charge in [-0.25, -0.2) is 13.4 Å². The maximum absolute atomic E-state index is 13.0. The van der Waals surface area contributed by atoms with Crippen LogP contribution >= 0.6 is 11.3 Å². The van der Waals surface area contributed by atoms with Crippen LogP contribution in [0.2, 0.25) is 0 Å². The number of nitrogens with one attached hydrogen (secondary N) is 1. The summed E-state index contributed by atoms with van der Waals surface area (Å²) < 4.78 is 26.9. The summed E-state index contributed by atoms with van der Waals surface area (Å²) in [5, 5.41) is 13.7. The number of fused-ring (bicyclic) bond motifs is 1. The number of likely N-dealkylation sites (tertiary alicyclic amines) is 1. The number of nitrogens with zero attached hydrogens (tertiary/aromatic N) is 2. The first-order valence-corrected chi connectivity index (χ1v) is 14.2. The van der Waals surface area contributed by atoms with Crippen molar-refractivity contribution in [1.29, 1.82) is 0 Å². The second kappa shape index (κ2) is 9.33. The number of carbonyl (C=O) groups excluding carboxylic acids is 2. The molecule has 2 amide bonds. The van der Waals surface area contributed by atoms with Crippen LogP contribution in [0.3, 0.4) is 0 Å². The van der Waals surface area contributed by atoms with Crippen LogP contribution in [-0.4, -0.2) is 60.5 Å². The van der Waals surface area contributed by atoms with Crippen molar-refractivity contribution in [1.82, 2.24) is 15.2 Å². The monoisotopic (exact) mass is 513 g/mol. The Balaban J connectivity index is 1.22. The van der Waals surface area contributed by atoms with Crippen molar-refractivity contribution >= 4 is 43.2 Å². The van der Waals surface area contributed by atoms with Gasteiger partial charge in [0.15, 0.2) is 9.84 Å². The quantitative estimate of drug-likeness (QED) is 0.524. The maximum atomic E-state index is 13.0. The van der Waals surface area contributed by atoms with E-state index in [4.69, 9.17) is 0 Å². The topological polar surface area (TPSA) is 117 Å². The zero-order chi connectivity index (χ0) is 24.6. The molecule has 5 rings (SSSR count). The van der Waals surface area contributed by atoms with Gasteiger partial charge in [-0.15, -0.1) is 11.3 Å². The number of aromatic nitrogens is 1. The summed E-state index contributed by atoms with van der Waals surface area (Å²) in [6.07, 6.45) is 2.03. The number of piperidine rings is 1. The second-order valence-electron chi connectivity index (χ2n) is 9.41. The van der Waals surface area contributed by atoms with E-state index in [-0.39, 0.29) is 28.4 Å². The number of carbonyl (C=O) groups is 2. The molecule has 184 valence electrons. The Bertz CT molecular complexity index is 1360. The minimum Gasteiger partial charge on any atom is -0.390 e.